The number of benzene rings is 1. The molecule has 2 N–H and O–H groups in total. The molecule has 1 aliphatic rings. The zero-order valence-corrected chi connectivity index (χ0v) is 13.4. The molecule has 1 aliphatic heterocycles. The van der Waals surface area contributed by atoms with E-state index >= 15 is 0 Å². The van der Waals surface area contributed by atoms with Crippen LogP contribution in [0.1, 0.15) is 6.92 Å². The number of halogens is 1. The first-order chi connectivity index (χ1) is 10.2. The zero-order valence-electron chi connectivity index (χ0n) is 12.6. The second-order valence-electron chi connectivity index (χ2n) is 5.02. The highest BCUT2D eigenvalue weighted by Gasteiger charge is 2.22. The van der Waals surface area contributed by atoms with Crippen molar-refractivity contribution in [1.29, 1.82) is 0 Å². The lowest BCUT2D eigenvalue weighted by Crippen LogP contribution is -2.54. The van der Waals surface area contributed by atoms with E-state index in [4.69, 9.17) is 4.74 Å². The van der Waals surface area contributed by atoms with Crippen molar-refractivity contribution in [2.75, 3.05) is 32.8 Å². The van der Waals surface area contributed by atoms with Gasteiger partial charge in [-0.2, -0.15) is 0 Å². The summed E-state index contributed by atoms with van der Waals surface area (Å²) in [5.41, 5.74) is 0. The summed E-state index contributed by atoms with van der Waals surface area (Å²) in [5, 5.41) is 5.82. The van der Waals surface area contributed by atoms with Crippen LogP contribution in [0.15, 0.2) is 30.3 Å². The highest BCUT2D eigenvalue weighted by molar-refractivity contribution is 5.86. The zero-order chi connectivity index (χ0) is 15.1. The third-order valence-corrected chi connectivity index (χ3v) is 3.37. The minimum Gasteiger partial charge on any atom is -0.484 e. The van der Waals surface area contributed by atoms with Crippen molar-refractivity contribution < 1.29 is 14.3 Å². The van der Waals surface area contributed by atoms with E-state index in [9.17, 15) is 9.59 Å². The number of para-hydroxylation sites is 1. The number of carbonyl (C=O) groups excluding carboxylic acids is 2. The Hall–Kier alpha value is -1.79. The SMILES string of the molecule is C[C@@H]1CNCCN1C(=O)CNC(=O)COc1ccccc1.Cl. The maximum Gasteiger partial charge on any atom is 0.258 e. The average Bonchev–Trinajstić information content (AvgIpc) is 2.52. The van der Waals surface area contributed by atoms with Crippen molar-refractivity contribution in [3.63, 3.8) is 0 Å². The van der Waals surface area contributed by atoms with Crippen LogP contribution >= 0.6 is 12.4 Å². The molecule has 1 aromatic carbocycles. The molecule has 0 spiro atoms. The predicted molar refractivity (Wildman–Crippen MR) is 86.2 cm³/mol. The summed E-state index contributed by atoms with van der Waals surface area (Å²) in [5.74, 6) is 0.279. The monoisotopic (exact) mass is 327 g/mol. The summed E-state index contributed by atoms with van der Waals surface area (Å²) in [4.78, 5) is 25.5. The van der Waals surface area contributed by atoms with E-state index in [1.165, 1.54) is 0 Å². The number of nitrogens with one attached hydrogen (secondary N) is 2. The van der Waals surface area contributed by atoms with Gasteiger partial charge in [0.05, 0.1) is 6.54 Å². The van der Waals surface area contributed by atoms with Gasteiger partial charge >= 0.3 is 0 Å². The third-order valence-electron chi connectivity index (χ3n) is 3.37. The number of nitrogens with zero attached hydrogens (tertiary/aromatic N) is 1. The van der Waals surface area contributed by atoms with Gasteiger partial charge in [0, 0.05) is 25.7 Å². The van der Waals surface area contributed by atoms with E-state index in [0.717, 1.165) is 13.1 Å². The van der Waals surface area contributed by atoms with Gasteiger partial charge in [-0.05, 0) is 19.1 Å². The van der Waals surface area contributed by atoms with Crippen LogP contribution in [-0.2, 0) is 9.59 Å². The normalized spacial score (nSPS) is 17.3. The molecule has 0 radical (unpaired) electrons. The molecule has 0 saturated carbocycles. The van der Waals surface area contributed by atoms with Gasteiger partial charge in [-0.1, -0.05) is 18.2 Å². The molecular formula is C15H22ClN3O3. The first-order valence-corrected chi connectivity index (χ1v) is 7.11. The summed E-state index contributed by atoms with van der Waals surface area (Å²) in [7, 11) is 0. The first kappa shape index (κ1) is 18.3. The Morgan fingerprint density at radius 2 is 2.09 bits per heavy atom. The smallest absolute Gasteiger partial charge is 0.258 e. The summed E-state index contributed by atoms with van der Waals surface area (Å²) in [6.07, 6.45) is 0. The number of hydrogen-bond donors (Lipinski definition) is 2. The number of amides is 2. The Labute approximate surface area is 136 Å². The Morgan fingerprint density at radius 1 is 1.36 bits per heavy atom. The average molecular weight is 328 g/mol. The van der Waals surface area contributed by atoms with Gasteiger partial charge < -0.3 is 20.3 Å². The quantitative estimate of drug-likeness (QED) is 0.822. The minimum absolute atomic E-state index is 0. The highest BCUT2D eigenvalue weighted by Crippen LogP contribution is 2.07. The molecule has 1 saturated heterocycles. The Bertz CT molecular complexity index is 484. The maximum absolute atomic E-state index is 12.0. The molecule has 2 rings (SSSR count). The van der Waals surface area contributed by atoms with E-state index in [2.05, 4.69) is 10.6 Å². The molecule has 1 fully saturated rings. The minimum atomic E-state index is -0.296. The van der Waals surface area contributed by atoms with Crippen LogP contribution in [-0.4, -0.2) is 55.5 Å². The Kier molecular flexibility index (Phi) is 7.70. The van der Waals surface area contributed by atoms with Gasteiger partial charge in [0.1, 0.15) is 5.75 Å². The molecular weight excluding hydrogens is 306 g/mol. The van der Waals surface area contributed by atoms with Crippen molar-refractivity contribution in [3.05, 3.63) is 30.3 Å². The van der Waals surface area contributed by atoms with Crippen LogP contribution in [0, 0.1) is 0 Å². The number of hydrogen-bond acceptors (Lipinski definition) is 4. The number of carbonyl (C=O) groups is 2. The Morgan fingerprint density at radius 3 is 2.77 bits per heavy atom. The molecule has 22 heavy (non-hydrogen) atoms. The third kappa shape index (κ3) is 5.54. The summed E-state index contributed by atoms with van der Waals surface area (Å²) >= 11 is 0. The topological polar surface area (TPSA) is 70.7 Å². The first-order valence-electron chi connectivity index (χ1n) is 7.11. The van der Waals surface area contributed by atoms with Gasteiger partial charge in [0.2, 0.25) is 5.91 Å². The highest BCUT2D eigenvalue weighted by atomic mass is 35.5. The second-order valence-corrected chi connectivity index (χ2v) is 5.02. The summed E-state index contributed by atoms with van der Waals surface area (Å²) in [6, 6.07) is 9.26. The van der Waals surface area contributed by atoms with Crippen molar-refractivity contribution in [1.82, 2.24) is 15.5 Å². The van der Waals surface area contributed by atoms with Crippen molar-refractivity contribution in [3.8, 4) is 5.75 Å². The molecule has 7 heteroatoms. The van der Waals surface area contributed by atoms with Crippen LogP contribution in [0.5, 0.6) is 5.75 Å². The molecule has 1 aromatic rings. The van der Waals surface area contributed by atoms with Crippen LogP contribution in [0.25, 0.3) is 0 Å². The van der Waals surface area contributed by atoms with E-state index in [-0.39, 0.29) is 43.4 Å². The molecule has 1 atom stereocenters. The standard InChI is InChI=1S/C15H21N3O3.ClH/c1-12-9-16-7-8-18(12)15(20)10-17-14(19)11-21-13-5-3-2-4-6-13;/h2-6,12,16H,7-11H2,1H3,(H,17,19);1H/t12-;/m1./s1. The Balaban J connectivity index is 0.00000242. The predicted octanol–water partition coefficient (Wildman–Crippen LogP) is 0.424. The van der Waals surface area contributed by atoms with Gasteiger partial charge in [0.15, 0.2) is 6.61 Å². The number of piperazine rings is 1. The van der Waals surface area contributed by atoms with Crippen LogP contribution in [0.4, 0.5) is 0 Å². The molecule has 122 valence electrons. The van der Waals surface area contributed by atoms with Crippen molar-refractivity contribution in [2.45, 2.75) is 13.0 Å². The maximum atomic E-state index is 12.0. The molecule has 0 bridgehead atoms. The number of rotatable bonds is 5. The second kappa shape index (κ2) is 9.27. The lowest BCUT2D eigenvalue weighted by molar-refractivity contribution is -0.135. The summed E-state index contributed by atoms with van der Waals surface area (Å²) < 4.78 is 5.32. The van der Waals surface area contributed by atoms with E-state index in [1.807, 2.05) is 25.1 Å². The molecule has 0 aliphatic carbocycles. The van der Waals surface area contributed by atoms with Gasteiger partial charge in [-0.3, -0.25) is 9.59 Å². The largest absolute Gasteiger partial charge is 0.484 e. The fourth-order valence-corrected chi connectivity index (χ4v) is 2.20. The van der Waals surface area contributed by atoms with E-state index < -0.39 is 0 Å². The summed E-state index contributed by atoms with van der Waals surface area (Å²) in [6.45, 7) is 4.18. The fourth-order valence-electron chi connectivity index (χ4n) is 2.20. The van der Waals surface area contributed by atoms with Crippen LogP contribution in [0.2, 0.25) is 0 Å². The van der Waals surface area contributed by atoms with Crippen molar-refractivity contribution in [2.24, 2.45) is 0 Å². The van der Waals surface area contributed by atoms with Crippen LogP contribution < -0.4 is 15.4 Å². The lowest BCUT2D eigenvalue weighted by atomic mass is 10.2. The molecule has 2 amide bonds. The van der Waals surface area contributed by atoms with E-state index in [1.54, 1.807) is 17.0 Å². The van der Waals surface area contributed by atoms with Crippen LogP contribution in [0.3, 0.4) is 0 Å². The van der Waals surface area contributed by atoms with Gasteiger partial charge in [-0.25, -0.2) is 0 Å². The molecule has 0 unspecified atom stereocenters. The fraction of sp³-hybridized carbons (Fsp3) is 0.467. The molecule has 0 aromatic heterocycles. The van der Waals surface area contributed by atoms with Crippen molar-refractivity contribution >= 4 is 24.2 Å². The molecule has 6 nitrogen and oxygen atoms in total. The number of ether oxygens (including phenoxy) is 1. The van der Waals surface area contributed by atoms with Gasteiger partial charge in [-0.15, -0.1) is 12.4 Å². The van der Waals surface area contributed by atoms with Gasteiger partial charge in [0.25, 0.3) is 5.91 Å². The lowest BCUT2D eigenvalue weighted by Gasteiger charge is -2.34. The van der Waals surface area contributed by atoms with E-state index in [0.29, 0.717) is 12.3 Å². The molecule has 1 heterocycles.